The molecular weight excluding hydrogens is 406 g/mol. The molecule has 1 aromatic carbocycles. The summed E-state index contributed by atoms with van der Waals surface area (Å²) in [5.74, 6) is -1.48. The van der Waals surface area contributed by atoms with Crippen LogP contribution in [0.2, 0.25) is 0 Å². The quantitative estimate of drug-likeness (QED) is 0.425. The van der Waals surface area contributed by atoms with E-state index in [4.69, 9.17) is 0 Å². The van der Waals surface area contributed by atoms with Crippen molar-refractivity contribution in [1.82, 2.24) is 15.4 Å². The first-order chi connectivity index (χ1) is 13.9. The molecule has 0 aliphatic rings. The third kappa shape index (κ3) is 9.04. The molecule has 1 aromatic rings. The number of sulfonamides is 1. The number of hydrogen-bond donors (Lipinski definition) is 3. The van der Waals surface area contributed by atoms with Gasteiger partial charge in [0.15, 0.2) is 0 Å². The molecule has 9 heteroatoms. The van der Waals surface area contributed by atoms with Crippen molar-refractivity contribution in [1.29, 1.82) is 0 Å². The number of carbonyl (C=O) groups excluding carboxylic acids is 3. The third-order valence-electron chi connectivity index (χ3n) is 4.42. The Labute approximate surface area is 179 Å². The van der Waals surface area contributed by atoms with Crippen LogP contribution in [0.5, 0.6) is 0 Å². The largest absolute Gasteiger partial charge is 0.345 e. The third-order valence-corrected chi connectivity index (χ3v) is 5.75. The van der Waals surface area contributed by atoms with Gasteiger partial charge in [0.05, 0.1) is 11.8 Å². The lowest BCUT2D eigenvalue weighted by atomic mass is 10.0. The molecule has 0 spiro atoms. The molecule has 0 saturated carbocycles. The molecule has 2 amide bonds. The molecule has 30 heavy (non-hydrogen) atoms. The van der Waals surface area contributed by atoms with Gasteiger partial charge in [-0.15, -0.1) is 0 Å². The van der Waals surface area contributed by atoms with Gasteiger partial charge in [-0.3, -0.25) is 9.59 Å². The first kappa shape index (κ1) is 25.8. The summed E-state index contributed by atoms with van der Waals surface area (Å²) in [5.41, 5.74) is 0.603. The van der Waals surface area contributed by atoms with E-state index in [1.165, 1.54) is 6.92 Å². The van der Waals surface area contributed by atoms with Crippen LogP contribution in [0.15, 0.2) is 30.3 Å². The van der Waals surface area contributed by atoms with Crippen LogP contribution in [0.3, 0.4) is 0 Å². The highest BCUT2D eigenvalue weighted by molar-refractivity contribution is 7.88. The van der Waals surface area contributed by atoms with Gasteiger partial charge < -0.3 is 15.4 Å². The van der Waals surface area contributed by atoms with Crippen LogP contribution in [-0.4, -0.2) is 44.6 Å². The minimum Gasteiger partial charge on any atom is -0.345 e. The molecule has 0 unspecified atom stereocenters. The van der Waals surface area contributed by atoms with Crippen LogP contribution < -0.4 is 15.4 Å². The number of rotatable bonds is 12. The molecule has 8 nitrogen and oxygen atoms in total. The average molecular weight is 440 g/mol. The molecular formula is C21H33N3O5S. The van der Waals surface area contributed by atoms with Crippen molar-refractivity contribution < 1.29 is 22.8 Å². The Kier molecular flexibility index (Phi) is 10.1. The van der Waals surface area contributed by atoms with Crippen molar-refractivity contribution in [2.75, 3.05) is 0 Å². The van der Waals surface area contributed by atoms with E-state index in [-0.39, 0.29) is 17.6 Å². The monoisotopic (exact) mass is 439 g/mol. The van der Waals surface area contributed by atoms with Gasteiger partial charge in [0.1, 0.15) is 18.4 Å². The van der Waals surface area contributed by atoms with Crippen molar-refractivity contribution in [3.8, 4) is 0 Å². The Balaban J connectivity index is 2.76. The minimum atomic E-state index is -3.77. The van der Waals surface area contributed by atoms with Crippen LogP contribution in [-0.2, 0) is 30.2 Å². The second kappa shape index (κ2) is 11.8. The van der Waals surface area contributed by atoms with Gasteiger partial charge in [0, 0.05) is 0 Å². The van der Waals surface area contributed by atoms with Crippen LogP contribution in [0, 0.1) is 11.8 Å². The second-order valence-electron chi connectivity index (χ2n) is 8.20. The van der Waals surface area contributed by atoms with E-state index in [1.54, 1.807) is 44.2 Å². The van der Waals surface area contributed by atoms with Gasteiger partial charge in [0.25, 0.3) is 0 Å². The summed E-state index contributed by atoms with van der Waals surface area (Å²) in [5, 5.41) is 5.13. The molecule has 0 saturated heterocycles. The summed E-state index contributed by atoms with van der Waals surface area (Å²) in [4.78, 5) is 36.1. The number of amides is 2. The van der Waals surface area contributed by atoms with Gasteiger partial charge in [-0.05, 0) is 30.7 Å². The van der Waals surface area contributed by atoms with E-state index in [2.05, 4.69) is 15.4 Å². The van der Waals surface area contributed by atoms with E-state index in [0.717, 1.165) is 0 Å². The topological polar surface area (TPSA) is 121 Å². The fourth-order valence-corrected chi connectivity index (χ4v) is 4.33. The lowest BCUT2D eigenvalue weighted by molar-refractivity contribution is -0.130. The molecule has 0 aliphatic carbocycles. The minimum absolute atomic E-state index is 0.217. The van der Waals surface area contributed by atoms with E-state index in [0.29, 0.717) is 18.3 Å². The second-order valence-corrected chi connectivity index (χ2v) is 9.95. The van der Waals surface area contributed by atoms with Crippen molar-refractivity contribution in [3.05, 3.63) is 35.9 Å². The molecule has 3 N–H and O–H groups in total. The Morgan fingerprint density at radius 3 is 2.07 bits per heavy atom. The number of aldehydes is 1. The highest BCUT2D eigenvalue weighted by Crippen LogP contribution is 2.09. The Morgan fingerprint density at radius 1 is 0.967 bits per heavy atom. The van der Waals surface area contributed by atoms with Crippen molar-refractivity contribution in [3.63, 3.8) is 0 Å². The molecule has 0 heterocycles. The van der Waals surface area contributed by atoms with Gasteiger partial charge in [-0.1, -0.05) is 58.0 Å². The number of carbonyl (C=O) groups is 3. The summed E-state index contributed by atoms with van der Waals surface area (Å²) >= 11 is 0. The van der Waals surface area contributed by atoms with Gasteiger partial charge in [0.2, 0.25) is 21.8 Å². The standard InChI is InChI=1S/C21H33N3O5S/c1-14(2)11-18(12-25)23-20(26)16(5)22-21(27)19(15(3)4)24-30(28,29)13-17-9-7-6-8-10-17/h6-10,12,14-16,18-19,24H,11,13H2,1-5H3,(H,22,27)(H,23,26)/t16-,18-,19-/m0/s1. The number of benzene rings is 1. The maximum absolute atomic E-state index is 12.7. The van der Waals surface area contributed by atoms with Crippen LogP contribution in [0.4, 0.5) is 0 Å². The molecule has 0 radical (unpaired) electrons. The lowest BCUT2D eigenvalue weighted by Gasteiger charge is -2.24. The van der Waals surface area contributed by atoms with E-state index in [9.17, 15) is 22.8 Å². The van der Waals surface area contributed by atoms with Crippen LogP contribution in [0.25, 0.3) is 0 Å². The molecule has 1 rings (SSSR count). The Morgan fingerprint density at radius 2 is 1.57 bits per heavy atom. The zero-order valence-corrected chi connectivity index (χ0v) is 19.0. The zero-order chi connectivity index (χ0) is 22.9. The van der Waals surface area contributed by atoms with E-state index < -0.39 is 40.0 Å². The summed E-state index contributed by atoms with van der Waals surface area (Å²) < 4.78 is 27.5. The molecule has 3 atom stereocenters. The fourth-order valence-electron chi connectivity index (χ4n) is 2.85. The predicted molar refractivity (Wildman–Crippen MR) is 116 cm³/mol. The van der Waals surface area contributed by atoms with Crippen molar-refractivity contribution in [2.24, 2.45) is 11.8 Å². The molecule has 0 fully saturated rings. The Hall–Kier alpha value is -2.26. The molecule has 0 aromatic heterocycles. The highest BCUT2D eigenvalue weighted by Gasteiger charge is 2.30. The molecule has 0 bridgehead atoms. The summed E-state index contributed by atoms with van der Waals surface area (Å²) in [6, 6.07) is 6.05. The average Bonchev–Trinajstić information content (AvgIpc) is 2.65. The number of nitrogens with one attached hydrogen (secondary N) is 3. The summed E-state index contributed by atoms with van der Waals surface area (Å²) in [6.07, 6.45) is 1.16. The number of hydrogen-bond acceptors (Lipinski definition) is 5. The maximum Gasteiger partial charge on any atom is 0.242 e. The SMILES string of the molecule is CC(C)C[C@@H](C=O)NC(=O)[C@H](C)NC(=O)[C@@H](NS(=O)(=O)Cc1ccccc1)C(C)C. The smallest absolute Gasteiger partial charge is 0.242 e. The summed E-state index contributed by atoms with van der Waals surface area (Å²) in [7, 11) is -3.77. The van der Waals surface area contributed by atoms with Crippen LogP contribution in [0.1, 0.15) is 46.6 Å². The summed E-state index contributed by atoms with van der Waals surface area (Å²) in [6.45, 7) is 8.78. The lowest BCUT2D eigenvalue weighted by Crippen LogP contribution is -2.55. The first-order valence-electron chi connectivity index (χ1n) is 10.0. The first-order valence-corrected chi connectivity index (χ1v) is 11.7. The normalized spacial score (nSPS) is 14.8. The molecule has 0 aliphatic heterocycles. The highest BCUT2D eigenvalue weighted by atomic mass is 32.2. The zero-order valence-electron chi connectivity index (χ0n) is 18.2. The fraction of sp³-hybridized carbons (Fsp3) is 0.571. The van der Waals surface area contributed by atoms with E-state index >= 15 is 0 Å². The van der Waals surface area contributed by atoms with Gasteiger partial charge in [-0.2, -0.15) is 0 Å². The maximum atomic E-state index is 12.7. The van der Waals surface area contributed by atoms with Gasteiger partial charge >= 0.3 is 0 Å². The Bertz CT molecular complexity index is 809. The van der Waals surface area contributed by atoms with Crippen molar-refractivity contribution in [2.45, 2.75) is 64.9 Å². The predicted octanol–water partition coefficient (Wildman–Crippen LogP) is 1.37. The van der Waals surface area contributed by atoms with E-state index in [1.807, 2.05) is 13.8 Å². The van der Waals surface area contributed by atoms with Crippen LogP contribution >= 0.6 is 0 Å². The van der Waals surface area contributed by atoms with Gasteiger partial charge in [-0.25, -0.2) is 13.1 Å². The van der Waals surface area contributed by atoms with Crippen molar-refractivity contribution >= 4 is 28.1 Å². The molecule has 168 valence electrons.